The fourth-order valence-electron chi connectivity index (χ4n) is 2.26. The number of hydrogen-bond donors (Lipinski definition) is 0. The molecule has 0 spiro atoms. The summed E-state index contributed by atoms with van der Waals surface area (Å²) in [4.78, 5) is 4.43. The molecule has 0 amide bonds. The summed E-state index contributed by atoms with van der Waals surface area (Å²) in [7, 11) is 1.63. The van der Waals surface area contributed by atoms with Crippen molar-refractivity contribution >= 4 is 11.8 Å². The summed E-state index contributed by atoms with van der Waals surface area (Å²) in [5.74, 6) is 2.46. The highest BCUT2D eigenvalue weighted by molar-refractivity contribution is 7.98. The second-order valence-corrected chi connectivity index (χ2v) is 6.23. The molecule has 1 aliphatic rings. The van der Waals surface area contributed by atoms with Crippen LogP contribution in [-0.4, -0.2) is 32.0 Å². The maximum atomic E-state index is 5.33. The van der Waals surface area contributed by atoms with E-state index in [1.165, 1.54) is 12.8 Å². The number of aromatic nitrogens is 5. The number of hydrogen-bond acceptors (Lipinski definition) is 7. The Morgan fingerprint density at radius 1 is 1.39 bits per heavy atom. The predicted molar refractivity (Wildman–Crippen MR) is 84.1 cm³/mol. The molecule has 1 aliphatic carbocycles. The van der Waals surface area contributed by atoms with E-state index in [9.17, 15) is 0 Å². The van der Waals surface area contributed by atoms with Gasteiger partial charge in [-0.1, -0.05) is 29.1 Å². The van der Waals surface area contributed by atoms with E-state index in [1.54, 1.807) is 25.2 Å². The van der Waals surface area contributed by atoms with Gasteiger partial charge in [0.05, 0.1) is 12.9 Å². The first-order valence-corrected chi connectivity index (χ1v) is 8.31. The lowest BCUT2D eigenvalue weighted by Crippen LogP contribution is -1.94. The quantitative estimate of drug-likeness (QED) is 0.643. The van der Waals surface area contributed by atoms with Crippen LogP contribution in [0.1, 0.15) is 24.8 Å². The summed E-state index contributed by atoms with van der Waals surface area (Å²) in [6.07, 6.45) is 4.19. The van der Waals surface area contributed by atoms with Crippen molar-refractivity contribution in [2.75, 3.05) is 7.11 Å². The molecule has 1 saturated carbocycles. The van der Waals surface area contributed by atoms with E-state index in [-0.39, 0.29) is 0 Å². The van der Waals surface area contributed by atoms with Crippen LogP contribution in [0, 0.1) is 0 Å². The molecule has 0 saturated heterocycles. The summed E-state index contributed by atoms with van der Waals surface area (Å²) in [6, 6.07) is 8.14. The lowest BCUT2D eigenvalue weighted by molar-refractivity contribution is 0.391. The smallest absolute Gasteiger partial charge is 0.237 e. The molecule has 2 heterocycles. The third kappa shape index (κ3) is 3.07. The van der Waals surface area contributed by atoms with Gasteiger partial charge in [-0.05, 0) is 25.0 Å². The standard InChI is InChI=1S/C15H15N5O2S/c1-21-12-4-2-3-10(7-12)14-17-13(22-19-14)8-23-15-18-16-9-20(15)11-5-6-11/h2-4,7,9,11H,5-6,8H2,1H3. The van der Waals surface area contributed by atoms with Crippen molar-refractivity contribution in [1.29, 1.82) is 0 Å². The second kappa shape index (κ2) is 6.04. The summed E-state index contributed by atoms with van der Waals surface area (Å²) in [5.41, 5.74) is 0.866. The minimum Gasteiger partial charge on any atom is -0.497 e. The minimum absolute atomic E-state index is 0.558. The number of ether oxygens (including phenoxy) is 1. The molecule has 23 heavy (non-hydrogen) atoms. The van der Waals surface area contributed by atoms with Gasteiger partial charge in [0.15, 0.2) is 5.16 Å². The summed E-state index contributed by atoms with van der Waals surface area (Å²) in [5, 5.41) is 13.1. The van der Waals surface area contributed by atoms with Crippen molar-refractivity contribution in [3.8, 4) is 17.1 Å². The van der Waals surface area contributed by atoms with Gasteiger partial charge in [0.25, 0.3) is 0 Å². The Labute approximate surface area is 137 Å². The Hall–Kier alpha value is -2.35. The first-order valence-electron chi connectivity index (χ1n) is 7.33. The fraction of sp³-hybridized carbons (Fsp3) is 0.333. The van der Waals surface area contributed by atoms with Crippen LogP contribution in [0.3, 0.4) is 0 Å². The van der Waals surface area contributed by atoms with E-state index in [0.29, 0.717) is 23.5 Å². The molecule has 8 heteroatoms. The lowest BCUT2D eigenvalue weighted by Gasteiger charge is -2.01. The molecule has 0 atom stereocenters. The minimum atomic E-state index is 0.558. The van der Waals surface area contributed by atoms with E-state index >= 15 is 0 Å². The van der Waals surface area contributed by atoms with Gasteiger partial charge in [-0.25, -0.2) is 0 Å². The van der Waals surface area contributed by atoms with Crippen molar-refractivity contribution in [3.05, 3.63) is 36.5 Å². The molecule has 0 unspecified atom stereocenters. The van der Waals surface area contributed by atoms with Gasteiger partial charge in [-0.2, -0.15) is 4.98 Å². The molecule has 3 aromatic rings. The van der Waals surface area contributed by atoms with Gasteiger partial charge in [0, 0.05) is 11.6 Å². The van der Waals surface area contributed by atoms with Crippen molar-refractivity contribution in [1.82, 2.24) is 24.9 Å². The molecule has 0 bridgehead atoms. The zero-order valence-corrected chi connectivity index (χ0v) is 13.4. The van der Waals surface area contributed by atoms with E-state index < -0.39 is 0 Å². The first kappa shape index (κ1) is 14.3. The van der Waals surface area contributed by atoms with Crippen LogP contribution in [0.4, 0.5) is 0 Å². The molecule has 4 rings (SSSR count). The van der Waals surface area contributed by atoms with Crippen LogP contribution >= 0.6 is 11.8 Å². The molecule has 118 valence electrons. The third-order valence-electron chi connectivity index (χ3n) is 3.60. The molecule has 0 aliphatic heterocycles. The Bertz CT molecular complexity index is 812. The Morgan fingerprint density at radius 2 is 2.30 bits per heavy atom. The van der Waals surface area contributed by atoms with E-state index in [2.05, 4.69) is 24.9 Å². The summed E-state index contributed by atoms with van der Waals surface area (Å²) >= 11 is 1.56. The molecule has 0 N–H and O–H groups in total. The predicted octanol–water partition coefficient (Wildman–Crippen LogP) is 2.96. The highest BCUT2D eigenvalue weighted by Crippen LogP contribution is 2.37. The molecule has 0 radical (unpaired) electrons. The van der Waals surface area contributed by atoms with Gasteiger partial charge < -0.3 is 13.8 Å². The van der Waals surface area contributed by atoms with Crippen molar-refractivity contribution in [2.45, 2.75) is 29.8 Å². The maximum Gasteiger partial charge on any atom is 0.237 e. The number of benzene rings is 1. The van der Waals surface area contributed by atoms with Crippen LogP contribution in [-0.2, 0) is 5.75 Å². The highest BCUT2D eigenvalue weighted by Gasteiger charge is 2.26. The van der Waals surface area contributed by atoms with Crippen LogP contribution in [0.15, 0.2) is 40.3 Å². The van der Waals surface area contributed by atoms with E-state index in [4.69, 9.17) is 9.26 Å². The van der Waals surface area contributed by atoms with Gasteiger partial charge >= 0.3 is 0 Å². The molecule has 2 aromatic heterocycles. The molecule has 7 nitrogen and oxygen atoms in total. The molecular formula is C15H15N5O2S. The van der Waals surface area contributed by atoms with E-state index in [1.807, 2.05) is 24.3 Å². The van der Waals surface area contributed by atoms with Crippen LogP contribution < -0.4 is 4.74 Å². The molecule has 1 fully saturated rings. The van der Waals surface area contributed by atoms with Crippen LogP contribution in [0.2, 0.25) is 0 Å². The zero-order chi connectivity index (χ0) is 15.6. The second-order valence-electron chi connectivity index (χ2n) is 5.28. The van der Waals surface area contributed by atoms with Gasteiger partial charge in [-0.15, -0.1) is 10.2 Å². The number of rotatable bonds is 6. The van der Waals surface area contributed by atoms with Crippen LogP contribution in [0.5, 0.6) is 5.75 Å². The average molecular weight is 329 g/mol. The Balaban J connectivity index is 1.46. The number of methoxy groups -OCH3 is 1. The van der Waals surface area contributed by atoms with Crippen LogP contribution in [0.25, 0.3) is 11.4 Å². The van der Waals surface area contributed by atoms with E-state index in [0.717, 1.165) is 16.5 Å². The highest BCUT2D eigenvalue weighted by atomic mass is 32.2. The summed E-state index contributed by atoms with van der Waals surface area (Å²) in [6.45, 7) is 0. The summed E-state index contributed by atoms with van der Waals surface area (Å²) < 4.78 is 12.7. The normalized spacial score (nSPS) is 14.1. The third-order valence-corrected chi connectivity index (χ3v) is 4.54. The first-order chi connectivity index (χ1) is 11.3. The fourth-order valence-corrected chi connectivity index (χ4v) is 3.08. The zero-order valence-electron chi connectivity index (χ0n) is 12.5. The Kier molecular flexibility index (Phi) is 3.74. The molecular weight excluding hydrogens is 314 g/mol. The number of thioether (sulfide) groups is 1. The van der Waals surface area contributed by atoms with Gasteiger partial charge in [0.2, 0.25) is 11.7 Å². The lowest BCUT2D eigenvalue weighted by atomic mass is 10.2. The average Bonchev–Trinajstić information content (AvgIpc) is 3.14. The van der Waals surface area contributed by atoms with Crippen molar-refractivity contribution < 1.29 is 9.26 Å². The van der Waals surface area contributed by atoms with Gasteiger partial charge in [0.1, 0.15) is 12.1 Å². The van der Waals surface area contributed by atoms with Crippen molar-refractivity contribution in [2.24, 2.45) is 0 Å². The largest absolute Gasteiger partial charge is 0.497 e. The van der Waals surface area contributed by atoms with Gasteiger partial charge in [-0.3, -0.25) is 0 Å². The van der Waals surface area contributed by atoms with Crippen molar-refractivity contribution in [3.63, 3.8) is 0 Å². The topological polar surface area (TPSA) is 78.9 Å². The maximum absolute atomic E-state index is 5.33. The molecule has 1 aromatic carbocycles. The number of nitrogens with zero attached hydrogens (tertiary/aromatic N) is 5. The Morgan fingerprint density at radius 3 is 3.13 bits per heavy atom. The monoisotopic (exact) mass is 329 g/mol. The SMILES string of the molecule is COc1cccc(-c2noc(CSc3nncn3C3CC3)n2)c1.